The zero-order valence-electron chi connectivity index (χ0n) is 15.4. The Bertz CT molecular complexity index is 923. The average molecular weight is 385 g/mol. The van der Waals surface area contributed by atoms with Gasteiger partial charge in [-0.05, 0) is 25.1 Å². The summed E-state index contributed by atoms with van der Waals surface area (Å²) in [6.45, 7) is 3.06. The number of piperazine rings is 1. The molecule has 0 aliphatic carbocycles. The SMILES string of the molecule is CC(=O)c1ccc(N2CCN(C(=O)Cc3ccccc3[N+](=O)[O-])CC2)c(F)c1. The molecule has 3 rings (SSSR count). The lowest BCUT2D eigenvalue weighted by Gasteiger charge is -2.36. The van der Waals surface area contributed by atoms with Crippen molar-refractivity contribution in [3.63, 3.8) is 0 Å². The largest absolute Gasteiger partial charge is 0.366 e. The number of ketones is 1. The van der Waals surface area contributed by atoms with Crippen LogP contribution in [0.5, 0.6) is 0 Å². The Morgan fingerprint density at radius 2 is 1.79 bits per heavy atom. The van der Waals surface area contributed by atoms with Crippen LogP contribution in [0.2, 0.25) is 0 Å². The average Bonchev–Trinajstić information content (AvgIpc) is 2.68. The van der Waals surface area contributed by atoms with Crippen LogP contribution in [0.1, 0.15) is 22.8 Å². The van der Waals surface area contributed by atoms with Gasteiger partial charge in [-0.3, -0.25) is 19.7 Å². The van der Waals surface area contributed by atoms with E-state index in [9.17, 15) is 24.1 Å². The summed E-state index contributed by atoms with van der Waals surface area (Å²) in [7, 11) is 0. The van der Waals surface area contributed by atoms with Crippen molar-refractivity contribution in [3.8, 4) is 0 Å². The fourth-order valence-corrected chi connectivity index (χ4v) is 3.29. The fourth-order valence-electron chi connectivity index (χ4n) is 3.29. The molecule has 0 unspecified atom stereocenters. The maximum Gasteiger partial charge on any atom is 0.273 e. The summed E-state index contributed by atoms with van der Waals surface area (Å²) in [5.74, 6) is -0.857. The van der Waals surface area contributed by atoms with Gasteiger partial charge in [0, 0.05) is 43.4 Å². The molecule has 1 aliphatic rings. The molecule has 1 fully saturated rings. The number of carbonyl (C=O) groups excluding carboxylic acids is 2. The Balaban J connectivity index is 1.63. The standard InChI is InChI=1S/C20H20FN3O4/c1-14(25)15-6-7-19(17(21)12-15)22-8-10-23(11-9-22)20(26)13-16-4-2-3-5-18(16)24(27)28/h2-7,12H,8-11,13H2,1H3. The lowest BCUT2D eigenvalue weighted by Crippen LogP contribution is -2.49. The van der Waals surface area contributed by atoms with Crippen LogP contribution < -0.4 is 4.90 Å². The number of para-hydroxylation sites is 1. The first kappa shape index (κ1) is 19.5. The summed E-state index contributed by atoms with van der Waals surface area (Å²) >= 11 is 0. The minimum Gasteiger partial charge on any atom is -0.366 e. The van der Waals surface area contributed by atoms with Crippen molar-refractivity contribution < 1.29 is 18.9 Å². The minimum atomic E-state index is -0.492. The number of Topliss-reactive ketones (excluding diaryl/α,β-unsaturated/α-hetero) is 1. The molecule has 0 N–H and O–H groups in total. The van der Waals surface area contributed by atoms with Crippen molar-refractivity contribution in [2.75, 3.05) is 31.1 Å². The van der Waals surface area contributed by atoms with Gasteiger partial charge < -0.3 is 9.80 Å². The predicted molar refractivity (Wildman–Crippen MR) is 102 cm³/mol. The number of nitro groups is 1. The molecule has 1 saturated heterocycles. The van der Waals surface area contributed by atoms with Crippen molar-refractivity contribution in [2.45, 2.75) is 13.3 Å². The van der Waals surface area contributed by atoms with Crippen molar-refractivity contribution in [2.24, 2.45) is 0 Å². The van der Waals surface area contributed by atoms with Crippen molar-refractivity contribution in [3.05, 3.63) is 69.5 Å². The highest BCUT2D eigenvalue weighted by Gasteiger charge is 2.25. The second kappa shape index (κ2) is 8.16. The lowest BCUT2D eigenvalue weighted by atomic mass is 10.1. The minimum absolute atomic E-state index is 0.0428. The van der Waals surface area contributed by atoms with Crippen LogP contribution in [0.3, 0.4) is 0 Å². The molecule has 0 bridgehead atoms. The quantitative estimate of drug-likeness (QED) is 0.449. The van der Waals surface area contributed by atoms with Gasteiger partial charge >= 0.3 is 0 Å². The highest BCUT2D eigenvalue weighted by atomic mass is 19.1. The van der Waals surface area contributed by atoms with Gasteiger partial charge in [0.05, 0.1) is 17.0 Å². The van der Waals surface area contributed by atoms with Gasteiger partial charge in [-0.15, -0.1) is 0 Å². The van der Waals surface area contributed by atoms with Gasteiger partial charge in [0.2, 0.25) is 5.91 Å². The molecular formula is C20H20FN3O4. The molecule has 1 amide bonds. The van der Waals surface area contributed by atoms with Gasteiger partial charge in [-0.1, -0.05) is 18.2 Å². The van der Waals surface area contributed by atoms with Crippen molar-refractivity contribution in [1.29, 1.82) is 0 Å². The Kier molecular flexibility index (Phi) is 5.67. The summed E-state index contributed by atoms with van der Waals surface area (Å²) in [6.07, 6.45) is -0.0428. The molecule has 1 aliphatic heterocycles. The van der Waals surface area contributed by atoms with E-state index in [1.807, 2.05) is 4.90 Å². The summed E-state index contributed by atoms with van der Waals surface area (Å²) in [5, 5.41) is 11.1. The molecule has 8 heteroatoms. The second-order valence-corrected chi connectivity index (χ2v) is 6.65. The van der Waals surface area contributed by atoms with Gasteiger partial charge in [0.15, 0.2) is 5.78 Å². The lowest BCUT2D eigenvalue weighted by molar-refractivity contribution is -0.385. The maximum absolute atomic E-state index is 14.3. The number of anilines is 1. The predicted octanol–water partition coefficient (Wildman–Crippen LogP) is 2.83. The molecule has 0 spiro atoms. The van der Waals surface area contributed by atoms with Gasteiger partial charge in [-0.25, -0.2) is 4.39 Å². The van der Waals surface area contributed by atoms with E-state index in [1.165, 1.54) is 19.1 Å². The second-order valence-electron chi connectivity index (χ2n) is 6.65. The smallest absolute Gasteiger partial charge is 0.273 e. The highest BCUT2D eigenvalue weighted by molar-refractivity contribution is 5.94. The van der Waals surface area contributed by atoms with E-state index in [2.05, 4.69) is 0 Å². The van der Waals surface area contributed by atoms with E-state index in [4.69, 9.17) is 0 Å². The zero-order chi connectivity index (χ0) is 20.3. The molecule has 28 heavy (non-hydrogen) atoms. The zero-order valence-corrected chi connectivity index (χ0v) is 15.4. The van der Waals surface area contributed by atoms with Crippen LogP contribution in [0, 0.1) is 15.9 Å². The molecule has 0 atom stereocenters. The molecule has 0 saturated carbocycles. The third-order valence-electron chi connectivity index (χ3n) is 4.86. The highest BCUT2D eigenvalue weighted by Crippen LogP contribution is 2.23. The van der Waals surface area contributed by atoms with Gasteiger partial charge in [0.1, 0.15) is 5.82 Å². The summed E-state index contributed by atoms with van der Waals surface area (Å²) < 4.78 is 14.3. The Hall–Kier alpha value is -3.29. The van der Waals surface area contributed by atoms with Crippen LogP contribution in [-0.4, -0.2) is 47.7 Å². The summed E-state index contributed by atoms with van der Waals surface area (Å²) in [5.41, 5.74) is 1.03. The molecule has 0 radical (unpaired) electrons. The molecular weight excluding hydrogens is 365 g/mol. The van der Waals surface area contributed by atoms with Crippen molar-refractivity contribution >= 4 is 23.1 Å². The third kappa shape index (κ3) is 4.16. The summed E-state index contributed by atoms with van der Waals surface area (Å²) in [6, 6.07) is 10.6. The van der Waals surface area contributed by atoms with E-state index >= 15 is 0 Å². The molecule has 146 valence electrons. The molecule has 1 heterocycles. The first-order valence-electron chi connectivity index (χ1n) is 8.92. The molecule has 7 nitrogen and oxygen atoms in total. The fraction of sp³-hybridized carbons (Fsp3) is 0.300. The van der Waals surface area contributed by atoms with Crippen LogP contribution in [0.15, 0.2) is 42.5 Å². The van der Waals surface area contributed by atoms with Gasteiger partial charge in [0.25, 0.3) is 5.69 Å². The number of nitrogens with zero attached hydrogens (tertiary/aromatic N) is 3. The number of carbonyl (C=O) groups is 2. The number of nitro benzene ring substituents is 1. The Morgan fingerprint density at radius 3 is 2.39 bits per heavy atom. The van der Waals surface area contributed by atoms with E-state index < -0.39 is 10.7 Å². The third-order valence-corrected chi connectivity index (χ3v) is 4.86. The molecule has 0 aromatic heterocycles. The van der Waals surface area contributed by atoms with E-state index in [1.54, 1.807) is 35.2 Å². The van der Waals surface area contributed by atoms with Gasteiger partial charge in [-0.2, -0.15) is 0 Å². The monoisotopic (exact) mass is 385 g/mol. The summed E-state index contributed by atoms with van der Waals surface area (Å²) in [4.78, 5) is 38.0. The maximum atomic E-state index is 14.3. The number of rotatable bonds is 5. The first-order valence-corrected chi connectivity index (χ1v) is 8.92. The topological polar surface area (TPSA) is 83.8 Å². The van der Waals surface area contributed by atoms with Crippen LogP contribution >= 0.6 is 0 Å². The number of amides is 1. The van der Waals surface area contributed by atoms with Crippen LogP contribution in [-0.2, 0) is 11.2 Å². The first-order chi connectivity index (χ1) is 13.4. The van der Waals surface area contributed by atoms with E-state index in [0.29, 0.717) is 43.0 Å². The number of halogens is 1. The van der Waals surface area contributed by atoms with Crippen molar-refractivity contribution in [1.82, 2.24) is 4.90 Å². The number of hydrogen-bond acceptors (Lipinski definition) is 5. The van der Waals surface area contributed by atoms with Crippen LogP contribution in [0.4, 0.5) is 15.8 Å². The van der Waals surface area contributed by atoms with E-state index in [-0.39, 0.29) is 23.8 Å². The number of hydrogen-bond donors (Lipinski definition) is 0. The molecule has 2 aromatic carbocycles. The normalized spacial score (nSPS) is 14.1. The van der Waals surface area contributed by atoms with E-state index in [0.717, 1.165) is 0 Å². The number of benzene rings is 2. The molecule has 2 aromatic rings. The Labute approximate surface area is 161 Å². The Morgan fingerprint density at radius 1 is 1.11 bits per heavy atom. The van der Waals surface area contributed by atoms with Crippen LogP contribution in [0.25, 0.3) is 0 Å².